The average molecular weight is 294 g/mol. The van der Waals surface area contributed by atoms with Crippen molar-refractivity contribution >= 4 is 11.9 Å². The van der Waals surface area contributed by atoms with Crippen LogP contribution in [0.1, 0.15) is 57.8 Å². The summed E-state index contributed by atoms with van der Waals surface area (Å²) in [7, 11) is 0. The van der Waals surface area contributed by atoms with Crippen LogP contribution < -0.4 is 10.6 Å². The lowest BCUT2D eigenvalue weighted by atomic mass is 9.85. The fraction of sp³-hybridized carbons (Fsp3) is 0.875. The highest BCUT2D eigenvalue weighted by Crippen LogP contribution is 2.32. The maximum atomic E-state index is 12.2. The highest BCUT2D eigenvalue weighted by atomic mass is 16.4. The maximum Gasteiger partial charge on any atom is 0.306 e. The molecule has 3 fully saturated rings. The summed E-state index contributed by atoms with van der Waals surface area (Å²) in [6, 6.07) is 1.45. The Hall–Kier alpha value is -1.10. The molecule has 3 rings (SSSR count). The minimum absolute atomic E-state index is 0.167. The molecule has 2 bridgehead atoms. The predicted molar refractivity (Wildman–Crippen MR) is 78.8 cm³/mol. The summed E-state index contributed by atoms with van der Waals surface area (Å²) in [4.78, 5) is 23.1. The number of carboxylic acids is 1. The molecule has 0 radical (unpaired) electrons. The summed E-state index contributed by atoms with van der Waals surface area (Å²) in [5.74, 6) is -0.206. The Morgan fingerprint density at radius 2 is 1.62 bits per heavy atom. The van der Waals surface area contributed by atoms with Gasteiger partial charge in [-0.3, -0.25) is 9.59 Å². The summed E-state index contributed by atoms with van der Waals surface area (Å²) in [6.07, 6.45) is 8.44. The zero-order valence-corrected chi connectivity index (χ0v) is 12.5. The van der Waals surface area contributed by atoms with E-state index in [1.807, 2.05) is 0 Å². The summed E-state index contributed by atoms with van der Waals surface area (Å²) in [5.41, 5.74) is 0. The SMILES string of the molecule is O=C(CC1CC2CCC(C1)N2)NC1CCC(C(=O)O)CC1. The topological polar surface area (TPSA) is 78.4 Å². The van der Waals surface area contributed by atoms with E-state index in [0.29, 0.717) is 37.3 Å². The number of hydrogen-bond acceptors (Lipinski definition) is 3. The Kier molecular flexibility index (Phi) is 4.48. The van der Waals surface area contributed by atoms with Gasteiger partial charge >= 0.3 is 5.97 Å². The Morgan fingerprint density at radius 3 is 2.19 bits per heavy atom. The summed E-state index contributed by atoms with van der Waals surface area (Å²) >= 11 is 0. The molecule has 0 aromatic carbocycles. The van der Waals surface area contributed by atoms with Crippen LogP contribution in [0, 0.1) is 11.8 Å². The van der Waals surface area contributed by atoms with Crippen LogP contribution in [-0.4, -0.2) is 35.1 Å². The van der Waals surface area contributed by atoms with Gasteiger partial charge < -0.3 is 15.7 Å². The molecule has 118 valence electrons. The van der Waals surface area contributed by atoms with Gasteiger partial charge in [0.1, 0.15) is 0 Å². The van der Waals surface area contributed by atoms with Crippen LogP contribution in [0.2, 0.25) is 0 Å². The van der Waals surface area contributed by atoms with Crippen LogP contribution in [0.25, 0.3) is 0 Å². The third kappa shape index (κ3) is 3.76. The molecule has 5 nitrogen and oxygen atoms in total. The largest absolute Gasteiger partial charge is 0.481 e. The first kappa shape index (κ1) is 14.8. The second kappa shape index (κ2) is 6.34. The van der Waals surface area contributed by atoms with E-state index in [0.717, 1.165) is 25.7 Å². The molecule has 0 aromatic rings. The quantitative estimate of drug-likeness (QED) is 0.737. The number of carbonyl (C=O) groups excluding carboxylic acids is 1. The third-order valence-electron chi connectivity index (χ3n) is 5.49. The van der Waals surface area contributed by atoms with Crippen molar-refractivity contribution in [3.63, 3.8) is 0 Å². The van der Waals surface area contributed by atoms with Crippen molar-refractivity contribution in [1.29, 1.82) is 0 Å². The number of aliphatic carboxylic acids is 1. The zero-order chi connectivity index (χ0) is 14.8. The smallest absolute Gasteiger partial charge is 0.306 e. The van der Waals surface area contributed by atoms with Crippen molar-refractivity contribution in [2.24, 2.45) is 11.8 Å². The molecule has 2 unspecified atom stereocenters. The molecule has 1 amide bonds. The average Bonchev–Trinajstić information content (AvgIpc) is 2.78. The lowest BCUT2D eigenvalue weighted by molar-refractivity contribution is -0.142. The zero-order valence-electron chi connectivity index (χ0n) is 12.5. The molecule has 0 spiro atoms. The number of piperidine rings is 1. The number of fused-ring (bicyclic) bond motifs is 2. The highest BCUT2D eigenvalue weighted by Gasteiger charge is 2.34. The molecule has 3 aliphatic rings. The minimum atomic E-state index is -0.690. The Bertz CT molecular complexity index is 392. The van der Waals surface area contributed by atoms with Gasteiger partial charge in [0, 0.05) is 24.5 Å². The van der Waals surface area contributed by atoms with Gasteiger partial charge in [-0.1, -0.05) is 0 Å². The van der Waals surface area contributed by atoms with Gasteiger partial charge in [-0.25, -0.2) is 0 Å². The number of carboxylic acid groups (broad SMARTS) is 1. The number of rotatable bonds is 4. The van der Waals surface area contributed by atoms with Gasteiger partial charge in [-0.2, -0.15) is 0 Å². The number of nitrogens with one attached hydrogen (secondary N) is 2. The Morgan fingerprint density at radius 1 is 1.00 bits per heavy atom. The molecule has 1 saturated carbocycles. The molecular formula is C16H26N2O3. The normalized spacial score (nSPS) is 39.0. The number of hydrogen-bond donors (Lipinski definition) is 3. The Labute approximate surface area is 125 Å². The molecule has 2 saturated heterocycles. The van der Waals surface area contributed by atoms with E-state index in [1.165, 1.54) is 12.8 Å². The fourth-order valence-electron chi connectivity index (χ4n) is 4.38. The molecule has 21 heavy (non-hydrogen) atoms. The van der Waals surface area contributed by atoms with E-state index >= 15 is 0 Å². The van der Waals surface area contributed by atoms with Crippen LogP contribution in [0.3, 0.4) is 0 Å². The van der Waals surface area contributed by atoms with Crippen molar-refractivity contribution in [3.05, 3.63) is 0 Å². The second-order valence-corrected chi connectivity index (χ2v) is 7.13. The van der Waals surface area contributed by atoms with Gasteiger partial charge in [0.15, 0.2) is 0 Å². The van der Waals surface area contributed by atoms with E-state index < -0.39 is 5.97 Å². The van der Waals surface area contributed by atoms with Crippen molar-refractivity contribution in [3.8, 4) is 0 Å². The van der Waals surface area contributed by atoms with Crippen LogP contribution in [0.15, 0.2) is 0 Å². The molecule has 5 heteroatoms. The molecule has 2 atom stereocenters. The van der Waals surface area contributed by atoms with Crippen molar-refractivity contribution in [2.75, 3.05) is 0 Å². The van der Waals surface area contributed by atoms with E-state index in [4.69, 9.17) is 5.11 Å². The summed E-state index contributed by atoms with van der Waals surface area (Å²) in [5, 5.41) is 15.7. The van der Waals surface area contributed by atoms with Crippen LogP contribution >= 0.6 is 0 Å². The second-order valence-electron chi connectivity index (χ2n) is 7.13. The number of amides is 1. The minimum Gasteiger partial charge on any atom is -0.481 e. The van der Waals surface area contributed by atoms with E-state index in [2.05, 4.69) is 10.6 Å². The molecule has 2 heterocycles. The first-order valence-electron chi connectivity index (χ1n) is 8.38. The highest BCUT2D eigenvalue weighted by molar-refractivity contribution is 5.76. The third-order valence-corrected chi connectivity index (χ3v) is 5.49. The van der Waals surface area contributed by atoms with Gasteiger partial charge in [0.2, 0.25) is 5.91 Å². The van der Waals surface area contributed by atoms with Gasteiger partial charge in [-0.05, 0) is 57.3 Å². The van der Waals surface area contributed by atoms with Gasteiger partial charge in [0.05, 0.1) is 5.92 Å². The molecule has 2 aliphatic heterocycles. The molecule has 1 aliphatic carbocycles. The van der Waals surface area contributed by atoms with E-state index in [1.54, 1.807) is 0 Å². The predicted octanol–water partition coefficient (Wildman–Crippen LogP) is 1.67. The van der Waals surface area contributed by atoms with Crippen LogP contribution in [0.5, 0.6) is 0 Å². The van der Waals surface area contributed by atoms with Crippen molar-refractivity contribution < 1.29 is 14.7 Å². The van der Waals surface area contributed by atoms with Crippen molar-refractivity contribution in [2.45, 2.75) is 75.9 Å². The maximum absolute atomic E-state index is 12.2. The fourth-order valence-corrected chi connectivity index (χ4v) is 4.38. The summed E-state index contributed by atoms with van der Waals surface area (Å²) < 4.78 is 0. The number of carbonyl (C=O) groups is 2. The van der Waals surface area contributed by atoms with E-state index in [-0.39, 0.29) is 17.9 Å². The first-order chi connectivity index (χ1) is 10.1. The standard InChI is InChI=1S/C16H26N2O3/c19-15(9-10-7-13-5-6-14(8-10)17-13)18-12-3-1-11(2-4-12)16(20)21/h10-14,17H,1-9H2,(H,18,19)(H,20,21). The molecule has 3 N–H and O–H groups in total. The van der Waals surface area contributed by atoms with Crippen molar-refractivity contribution in [1.82, 2.24) is 10.6 Å². The first-order valence-corrected chi connectivity index (χ1v) is 8.38. The summed E-state index contributed by atoms with van der Waals surface area (Å²) in [6.45, 7) is 0. The van der Waals surface area contributed by atoms with E-state index in [9.17, 15) is 9.59 Å². The van der Waals surface area contributed by atoms with Gasteiger partial charge in [0.25, 0.3) is 0 Å². The van der Waals surface area contributed by atoms with Gasteiger partial charge in [-0.15, -0.1) is 0 Å². The molecule has 0 aromatic heterocycles. The molecular weight excluding hydrogens is 268 g/mol. The van der Waals surface area contributed by atoms with Crippen LogP contribution in [0.4, 0.5) is 0 Å². The lowest BCUT2D eigenvalue weighted by Gasteiger charge is -2.30. The Balaban J connectivity index is 1.40. The monoisotopic (exact) mass is 294 g/mol. The lowest BCUT2D eigenvalue weighted by Crippen LogP contribution is -2.42. The van der Waals surface area contributed by atoms with Crippen LogP contribution in [-0.2, 0) is 9.59 Å².